The highest BCUT2D eigenvalue weighted by atomic mass is 35.5. The van der Waals surface area contributed by atoms with Gasteiger partial charge >= 0.3 is 0 Å². The van der Waals surface area contributed by atoms with Crippen LogP contribution in [0.1, 0.15) is 20.9 Å². The zero-order valence-electron chi connectivity index (χ0n) is 10.4. The smallest absolute Gasteiger partial charge is 0.282 e. The molecule has 0 aliphatic rings. The zero-order valence-corrected chi connectivity index (χ0v) is 12.0. The Kier molecular flexibility index (Phi) is 4.31. The highest BCUT2D eigenvalue weighted by Crippen LogP contribution is 2.23. The van der Waals surface area contributed by atoms with Gasteiger partial charge in [0.1, 0.15) is 5.56 Å². The van der Waals surface area contributed by atoms with Crippen LogP contribution in [-0.2, 0) is 6.54 Å². The van der Waals surface area contributed by atoms with Gasteiger partial charge < -0.3 is 5.32 Å². The molecule has 8 heteroatoms. The summed E-state index contributed by atoms with van der Waals surface area (Å²) < 4.78 is 0. The average Bonchev–Trinajstić information content (AvgIpc) is 2.81. The molecular formula is C12H10ClN3O3S. The number of amides is 1. The van der Waals surface area contributed by atoms with Gasteiger partial charge in [-0.3, -0.25) is 14.9 Å². The van der Waals surface area contributed by atoms with E-state index in [1.165, 1.54) is 29.5 Å². The van der Waals surface area contributed by atoms with Crippen LogP contribution in [0.15, 0.2) is 23.7 Å². The van der Waals surface area contributed by atoms with E-state index in [9.17, 15) is 14.9 Å². The van der Waals surface area contributed by atoms with Crippen molar-refractivity contribution < 1.29 is 9.72 Å². The lowest BCUT2D eigenvalue weighted by molar-refractivity contribution is -0.385. The predicted molar refractivity (Wildman–Crippen MR) is 76.1 cm³/mol. The van der Waals surface area contributed by atoms with Crippen LogP contribution in [-0.4, -0.2) is 15.8 Å². The van der Waals surface area contributed by atoms with Crippen LogP contribution in [0.4, 0.5) is 5.69 Å². The summed E-state index contributed by atoms with van der Waals surface area (Å²) in [6.45, 7) is 2.11. The molecule has 0 saturated heterocycles. The number of aryl methyl sites for hydroxylation is 1. The Morgan fingerprint density at radius 2 is 2.30 bits per heavy atom. The number of carbonyl (C=O) groups is 1. The van der Waals surface area contributed by atoms with E-state index in [1.54, 1.807) is 5.51 Å². The van der Waals surface area contributed by atoms with Crippen molar-refractivity contribution in [3.63, 3.8) is 0 Å². The van der Waals surface area contributed by atoms with Crippen molar-refractivity contribution in [2.75, 3.05) is 0 Å². The summed E-state index contributed by atoms with van der Waals surface area (Å²) in [7, 11) is 0. The molecule has 0 fully saturated rings. The second kappa shape index (κ2) is 5.98. The molecule has 0 spiro atoms. The number of nitro groups is 1. The van der Waals surface area contributed by atoms with E-state index in [-0.39, 0.29) is 22.8 Å². The summed E-state index contributed by atoms with van der Waals surface area (Å²) in [5, 5.41) is 13.8. The van der Waals surface area contributed by atoms with Crippen molar-refractivity contribution in [1.29, 1.82) is 0 Å². The molecule has 2 rings (SSSR count). The molecule has 0 unspecified atom stereocenters. The van der Waals surface area contributed by atoms with Gasteiger partial charge in [-0.2, -0.15) is 0 Å². The monoisotopic (exact) mass is 311 g/mol. The average molecular weight is 312 g/mol. The summed E-state index contributed by atoms with van der Waals surface area (Å²) in [6.07, 6.45) is 0. The summed E-state index contributed by atoms with van der Waals surface area (Å²) in [5.41, 5.74) is 2.19. The third-order valence-electron chi connectivity index (χ3n) is 2.65. The Morgan fingerprint density at radius 3 is 2.90 bits per heavy atom. The van der Waals surface area contributed by atoms with Gasteiger partial charge in [-0.15, -0.1) is 11.3 Å². The molecular weight excluding hydrogens is 302 g/mol. The Bertz CT molecular complexity index is 672. The van der Waals surface area contributed by atoms with Crippen LogP contribution in [0.5, 0.6) is 0 Å². The number of nitro benzene ring substituents is 1. The molecule has 1 heterocycles. The summed E-state index contributed by atoms with van der Waals surface area (Å²) in [4.78, 5) is 27.3. The summed E-state index contributed by atoms with van der Waals surface area (Å²) in [6, 6.07) is 3.88. The predicted octanol–water partition coefficient (Wildman–Crippen LogP) is 2.94. The number of carbonyl (C=O) groups excluding carboxylic acids is 1. The number of benzene rings is 1. The molecule has 6 nitrogen and oxygen atoms in total. The van der Waals surface area contributed by atoms with Crippen LogP contribution in [0.25, 0.3) is 0 Å². The van der Waals surface area contributed by atoms with Crippen molar-refractivity contribution in [2.45, 2.75) is 13.5 Å². The Hall–Kier alpha value is -1.99. The fourth-order valence-electron chi connectivity index (χ4n) is 1.60. The van der Waals surface area contributed by atoms with Gasteiger partial charge in [-0.1, -0.05) is 11.6 Å². The molecule has 2 aromatic rings. The number of halogens is 1. The molecule has 0 aliphatic heterocycles. The van der Waals surface area contributed by atoms with E-state index in [4.69, 9.17) is 11.6 Å². The van der Waals surface area contributed by atoms with Crippen LogP contribution in [0.3, 0.4) is 0 Å². The van der Waals surface area contributed by atoms with Gasteiger partial charge in [0.25, 0.3) is 11.6 Å². The first kappa shape index (κ1) is 14.4. The van der Waals surface area contributed by atoms with Crippen molar-refractivity contribution >= 4 is 34.5 Å². The van der Waals surface area contributed by atoms with Crippen LogP contribution < -0.4 is 5.32 Å². The van der Waals surface area contributed by atoms with Gasteiger partial charge in [0.15, 0.2) is 0 Å². The zero-order chi connectivity index (χ0) is 14.7. The lowest BCUT2D eigenvalue weighted by Gasteiger charge is -2.05. The Balaban J connectivity index is 2.19. The molecule has 1 amide bonds. The number of nitrogens with zero attached hydrogens (tertiary/aromatic N) is 2. The van der Waals surface area contributed by atoms with E-state index in [0.29, 0.717) is 0 Å². The number of aromatic nitrogens is 1. The molecule has 1 aromatic heterocycles. The molecule has 0 atom stereocenters. The van der Waals surface area contributed by atoms with E-state index in [1.807, 2.05) is 6.92 Å². The van der Waals surface area contributed by atoms with Crippen LogP contribution >= 0.6 is 22.9 Å². The fraction of sp³-hybridized carbons (Fsp3) is 0.167. The SMILES string of the molecule is Cc1ncsc1CNC(=O)c1cc(Cl)ccc1[N+](=O)[O-]. The molecule has 1 aromatic carbocycles. The van der Waals surface area contributed by atoms with Gasteiger partial charge in [0.05, 0.1) is 22.7 Å². The van der Waals surface area contributed by atoms with Crippen LogP contribution in [0.2, 0.25) is 5.02 Å². The van der Waals surface area contributed by atoms with Crippen molar-refractivity contribution in [1.82, 2.24) is 10.3 Å². The third kappa shape index (κ3) is 3.12. The number of hydrogen-bond acceptors (Lipinski definition) is 5. The highest BCUT2D eigenvalue weighted by molar-refractivity contribution is 7.09. The highest BCUT2D eigenvalue weighted by Gasteiger charge is 2.20. The van der Waals surface area contributed by atoms with Gasteiger partial charge in [-0.25, -0.2) is 4.98 Å². The van der Waals surface area contributed by atoms with E-state index in [2.05, 4.69) is 10.3 Å². The summed E-state index contributed by atoms with van der Waals surface area (Å²) >= 11 is 7.19. The maximum atomic E-state index is 12.0. The Morgan fingerprint density at radius 1 is 1.55 bits per heavy atom. The molecule has 0 bridgehead atoms. The first-order valence-electron chi connectivity index (χ1n) is 5.60. The second-order valence-electron chi connectivity index (χ2n) is 3.96. The number of thiazole rings is 1. The normalized spacial score (nSPS) is 10.3. The lowest BCUT2D eigenvalue weighted by Crippen LogP contribution is -2.23. The van der Waals surface area contributed by atoms with Crippen molar-refractivity contribution in [3.05, 3.63) is 55.0 Å². The standard InChI is InChI=1S/C12H10ClN3O3S/c1-7-11(20-6-15-7)5-14-12(17)9-4-8(13)2-3-10(9)16(18)19/h2-4,6H,5H2,1H3,(H,14,17). The largest absolute Gasteiger partial charge is 0.347 e. The molecule has 1 N–H and O–H groups in total. The van der Waals surface area contributed by atoms with Gasteiger partial charge in [-0.05, 0) is 19.1 Å². The van der Waals surface area contributed by atoms with Gasteiger partial charge in [0, 0.05) is 16.0 Å². The molecule has 0 radical (unpaired) electrons. The maximum absolute atomic E-state index is 12.0. The number of rotatable bonds is 4. The minimum absolute atomic E-state index is 0.0512. The first-order chi connectivity index (χ1) is 9.49. The number of hydrogen-bond donors (Lipinski definition) is 1. The minimum atomic E-state index is -0.608. The summed E-state index contributed by atoms with van der Waals surface area (Å²) in [5.74, 6) is -0.535. The minimum Gasteiger partial charge on any atom is -0.347 e. The van der Waals surface area contributed by atoms with E-state index in [0.717, 1.165) is 10.6 Å². The lowest BCUT2D eigenvalue weighted by atomic mass is 10.1. The van der Waals surface area contributed by atoms with E-state index < -0.39 is 10.8 Å². The molecule has 104 valence electrons. The molecule has 20 heavy (non-hydrogen) atoms. The first-order valence-corrected chi connectivity index (χ1v) is 6.86. The Labute approximate surface area is 123 Å². The van der Waals surface area contributed by atoms with Gasteiger partial charge in [0.2, 0.25) is 0 Å². The van der Waals surface area contributed by atoms with Crippen LogP contribution in [0, 0.1) is 17.0 Å². The third-order valence-corrected chi connectivity index (χ3v) is 3.82. The van der Waals surface area contributed by atoms with Crippen molar-refractivity contribution in [3.8, 4) is 0 Å². The fourth-order valence-corrected chi connectivity index (χ4v) is 2.49. The van der Waals surface area contributed by atoms with E-state index >= 15 is 0 Å². The van der Waals surface area contributed by atoms with Crippen molar-refractivity contribution in [2.24, 2.45) is 0 Å². The molecule has 0 aliphatic carbocycles. The maximum Gasteiger partial charge on any atom is 0.282 e. The quantitative estimate of drug-likeness (QED) is 0.695. The number of nitrogens with one attached hydrogen (secondary N) is 1. The molecule has 0 saturated carbocycles. The second-order valence-corrected chi connectivity index (χ2v) is 5.34. The topological polar surface area (TPSA) is 85.1 Å².